The van der Waals surface area contributed by atoms with Crippen molar-refractivity contribution in [1.82, 2.24) is 15.6 Å². The average molecular weight is 573 g/mol. The third-order valence-electron chi connectivity index (χ3n) is 4.48. The molecule has 0 aliphatic carbocycles. The zero-order valence-corrected chi connectivity index (χ0v) is 23.4. The van der Waals surface area contributed by atoms with Gasteiger partial charge >= 0.3 is 19.8 Å². The smallest absolute Gasteiger partial charge is 0.508 e. The molecule has 2 atom stereocenters. The van der Waals surface area contributed by atoms with Gasteiger partial charge in [-0.1, -0.05) is 24.3 Å². The van der Waals surface area contributed by atoms with Crippen LogP contribution in [0, 0.1) is 0 Å². The van der Waals surface area contributed by atoms with Crippen molar-refractivity contribution in [2.24, 2.45) is 5.73 Å². The van der Waals surface area contributed by atoms with Gasteiger partial charge in [0.1, 0.15) is 23.6 Å². The first-order valence-electron chi connectivity index (χ1n) is 11.7. The fourth-order valence-electron chi connectivity index (χ4n) is 2.84. The minimum Gasteiger partial charge on any atom is -0.508 e. The highest BCUT2D eigenvalue weighted by atomic mass is 31.2. The van der Waals surface area contributed by atoms with Crippen molar-refractivity contribution < 1.29 is 48.1 Å². The van der Waals surface area contributed by atoms with E-state index >= 15 is 0 Å². The first kappa shape index (κ1) is 34.0. The molecule has 15 heteroatoms. The van der Waals surface area contributed by atoms with Crippen LogP contribution in [0.5, 0.6) is 11.5 Å². The molecule has 0 spiro atoms. The molecule has 0 aromatic heterocycles. The number of phosphoric acid groups is 1. The van der Waals surface area contributed by atoms with Gasteiger partial charge in [0.15, 0.2) is 0 Å². The van der Waals surface area contributed by atoms with E-state index in [0.717, 1.165) is 5.56 Å². The van der Waals surface area contributed by atoms with Crippen LogP contribution < -0.4 is 15.7 Å². The molecular weight excluding hydrogens is 535 g/mol. The number of nitrogens with one attached hydrogen (secondary N) is 1. The Balaban J connectivity index is 0.000000416. The maximum absolute atomic E-state index is 12.5. The number of aromatic hydroxyl groups is 1. The molecule has 2 aromatic rings. The molecule has 0 aliphatic heterocycles. The van der Waals surface area contributed by atoms with Crippen molar-refractivity contribution in [1.29, 1.82) is 0 Å². The highest BCUT2D eigenvalue weighted by molar-refractivity contribution is 7.48. The maximum Gasteiger partial charge on any atom is 0.564 e. The third-order valence-corrected chi connectivity index (χ3v) is 5.97. The second kappa shape index (κ2) is 16.8. The largest absolute Gasteiger partial charge is 0.564 e. The van der Waals surface area contributed by atoms with Gasteiger partial charge in [-0.15, -0.1) is 0 Å². The van der Waals surface area contributed by atoms with Crippen LogP contribution in [-0.2, 0) is 41.1 Å². The lowest BCUT2D eigenvalue weighted by atomic mass is 10.1. The molecule has 218 valence electrons. The van der Waals surface area contributed by atoms with E-state index in [1.165, 1.54) is 34.4 Å². The molecule has 39 heavy (non-hydrogen) atoms. The number of phenols is 1. The van der Waals surface area contributed by atoms with Crippen molar-refractivity contribution in [3.8, 4) is 11.5 Å². The van der Waals surface area contributed by atoms with E-state index in [1.54, 1.807) is 59.4 Å². The summed E-state index contributed by atoms with van der Waals surface area (Å²) >= 11 is 0. The molecule has 0 amide bonds. The Kier molecular flexibility index (Phi) is 14.6. The Labute approximate surface area is 227 Å². The van der Waals surface area contributed by atoms with E-state index in [2.05, 4.69) is 5.48 Å². The predicted molar refractivity (Wildman–Crippen MR) is 142 cm³/mol. The molecule has 0 fully saturated rings. The summed E-state index contributed by atoms with van der Waals surface area (Å²) in [6, 6.07) is 11.0. The second-order valence-corrected chi connectivity index (χ2v) is 9.84. The number of rotatable bonds is 15. The first-order valence-corrected chi connectivity index (χ1v) is 13.2. The van der Waals surface area contributed by atoms with Gasteiger partial charge < -0.3 is 30.4 Å². The van der Waals surface area contributed by atoms with Gasteiger partial charge in [-0.05, 0) is 48.7 Å². The average Bonchev–Trinajstić information content (AvgIpc) is 2.83. The monoisotopic (exact) mass is 572 g/mol. The van der Waals surface area contributed by atoms with E-state index in [4.69, 9.17) is 39.7 Å². The molecule has 0 heterocycles. The lowest BCUT2D eigenvalue weighted by Crippen LogP contribution is -2.38. The molecule has 0 bridgehead atoms. The van der Waals surface area contributed by atoms with Gasteiger partial charge in [0, 0.05) is 34.6 Å². The van der Waals surface area contributed by atoms with Crippen LogP contribution in [0.15, 0.2) is 48.5 Å². The number of carbonyl (C=O) groups is 2. The van der Waals surface area contributed by atoms with E-state index in [-0.39, 0.29) is 17.9 Å². The quantitative estimate of drug-likeness (QED) is 0.154. The van der Waals surface area contributed by atoms with Gasteiger partial charge in [0.2, 0.25) is 0 Å². The van der Waals surface area contributed by atoms with Crippen molar-refractivity contribution in [3.63, 3.8) is 0 Å². The van der Waals surface area contributed by atoms with E-state index in [1.807, 2.05) is 0 Å². The molecule has 6 N–H and O–H groups in total. The number of nitrogens with zero attached hydrogens (tertiary/aromatic N) is 2. The summed E-state index contributed by atoms with van der Waals surface area (Å²) in [6.07, 6.45) is 0.477. The number of carboxylic acid groups (broad SMARTS) is 2. The lowest BCUT2D eigenvalue weighted by molar-refractivity contribution is -0.144. The maximum atomic E-state index is 12.5. The number of aliphatic carboxylic acids is 2. The molecule has 14 nitrogen and oxygen atoms in total. The van der Waals surface area contributed by atoms with Crippen LogP contribution in [-0.4, -0.2) is 84.3 Å². The molecule has 0 aliphatic rings. The SMILES string of the molecule is CCON[C@@H](Cc1ccc(O)cc1)C(=O)O.CN(C)OP(=O)(Oc1ccc(C[C@H](N)C(=O)O)cc1)ON(C)C. The van der Waals surface area contributed by atoms with Crippen LogP contribution in [0.3, 0.4) is 0 Å². The zero-order valence-electron chi connectivity index (χ0n) is 22.5. The van der Waals surface area contributed by atoms with Crippen molar-refractivity contribution >= 4 is 19.8 Å². The number of carboxylic acids is 2. The van der Waals surface area contributed by atoms with Gasteiger partial charge in [-0.2, -0.15) is 24.9 Å². The molecule has 2 aromatic carbocycles. The molecule has 2 rings (SSSR count). The molecular formula is C24H37N4O10P. The van der Waals surface area contributed by atoms with Crippen LogP contribution in [0.25, 0.3) is 0 Å². The number of hydrogen-bond acceptors (Lipinski definition) is 12. The summed E-state index contributed by atoms with van der Waals surface area (Å²) in [5, 5.41) is 29.2. The summed E-state index contributed by atoms with van der Waals surface area (Å²) < 4.78 is 28.0. The Hall–Kier alpha value is -3.07. The van der Waals surface area contributed by atoms with E-state index in [9.17, 15) is 14.2 Å². The van der Waals surface area contributed by atoms with Crippen LogP contribution in [0.4, 0.5) is 0 Å². The number of hydrogen-bond donors (Lipinski definition) is 5. The summed E-state index contributed by atoms with van der Waals surface area (Å²) in [6.45, 7) is 2.17. The van der Waals surface area contributed by atoms with Crippen LogP contribution in [0.2, 0.25) is 0 Å². The predicted octanol–water partition coefficient (Wildman–Crippen LogP) is 2.04. The lowest BCUT2D eigenvalue weighted by Gasteiger charge is -2.23. The standard InChI is InChI=1S/C13H22N3O6P.C11H15NO4/c1-15(2)21-23(19,22-16(3)4)20-11-7-5-10(6-8-11)9-12(14)13(17)18;1-2-16-12-10(11(14)15)7-8-3-5-9(13)6-4-8/h5-8,12H,9,14H2,1-4H3,(H,17,18);3-6,10,12-13H,2,7H2,1H3,(H,14,15)/t12-;10-/m00/s1. The minimum atomic E-state index is -3.88. The Morgan fingerprint density at radius 3 is 1.82 bits per heavy atom. The first-order chi connectivity index (χ1) is 18.2. The van der Waals surface area contributed by atoms with E-state index < -0.39 is 31.8 Å². The Morgan fingerprint density at radius 2 is 1.38 bits per heavy atom. The topological polar surface area (TPSA) is 193 Å². The second-order valence-electron chi connectivity index (χ2n) is 8.43. The molecule has 0 saturated heterocycles. The fourth-order valence-corrected chi connectivity index (χ4v) is 4.11. The zero-order chi connectivity index (χ0) is 29.6. The molecule has 0 unspecified atom stereocenters. The summed E-state index contributed by atoms with van der Waals surface area (Å²) in [4.78, 5) is 26.5. The van der Waals surface area contributed by atoms with Crippen molar-refractivity contribution in [2.45, 2.75) is 31.8 Å². The summed E-state index contributed by atoms with van der Waals surface area (Å²) in [7, 11) is 2.31. The Bertz CT molecular complexity index is 1050. The van der Waals surface area contributed by atoms with Crippen LogP contribution in [0.1, 0.15) is 18.1 Å². The van der Waals surface area contributed by atoms with Gasteiger partial charge in [-0.3, -0.25) is 9.59 Å². The van der Waals surface area contributed by atoms with Gasteiger partial charge in [0.25, 0.3) is 0 Å². The number of hydroxylamine groups is 5. The van der Waals surface area contributed by atoms with E-state index in [0.29, 0.717) is 18.6 Å². The summed E-state index contributed by atoms with van der Waals surface area (Å²) in [5.74, 6) is -1.63. The fraction of sp³-hybridized carbons (Fsp3) is 0.417. The highest BCUT2D eigenvalue weighted by Crippen LogP contribution is 2.50. The molecule has 0 radical (unpaired) electrons. The minimum absolute atomic E-state index is 0.161. The number of nitrogens with two attached hydrogens (primary N) is 1. The number of benzene rings is 2. The normalized spacial score (nSPS) is 12.9. The van der Waals surface area contributed by atoms with Crippen molar-refractivity contribution in [3.05, 3.63) is 59.7 Å². The van der Waals surface area contributed by atoms with Crippen LogP contribution >= 0.6 is 7.82 Å². The highest BCUT2D eigenvalue weighted by Gasteiger charge is 2.32. The van der Waals surface area contributed by atoms with Gasteiger partial charge in [0.05, 0.1) is 6.61 Å². The van der Waals surface area contributed by atoms with Gasteiger partial charge in [-0.25, -0.2) is 4.57 Å². The number of phenolic OH excluding ortho intramolecular Hbond substituents is 1. The molecule has 0 saturated carbocycles. The van der Waals surface area contributed by atoms with Crippen molar-refractivity contribution in [2.75, 3.05) is 34.8 Å². The Morgan fingerprint density at radius 1 is 0.897 bits per heavy atom. The third kappa shape index (κ3) is 14.0. The summed E-state index contributed by atoms with van der Waals surface area (Å²) in [5.41, 5.74) is 9.47.